The number of amides is 2. The molecular weight excluding hydrogens is 310 g/mol. The number of benzene rings is 1. The van der Waals surface area contributed by atoms with Gasteiger partial charge in [-0.1, -0.05) is 37.6 Å². The second-order valence-electron chi connectivity index (χ2n) is 6.62. The van der Waals surface area contributed by atoms with Gasteiger partial charge in [-0.25, -0.2) is 4.79 Å². The number of carbonyl (C=O) groups excluding carboxylic acids is 1. The molecule has 128 valence electrons. The number of nitrogens with zero attached hydrogens (tertiary/aromatic N) is 2. The Morgan fingerprint density at radius 3 is 2.43 bits per heavy atom. The van der Waals surface area contributed by atoms with Gasteiger partial charge >= 0.3 is 6.03 Å². The number of carbonyl (C=O) groups is 1. The molecule has 1 aromatic rings. The molecule has 1 aliphatic rings. The number of rotatable bonds is 6. The lowest BCUT2D eigenvalue weighted by atomic mass is 10.1. The second kappa shape index (κ2) is 9.14. The molecule has 1 fully saturated rings. The molecule has 0 saturated carbocycles. The summed E-state index contributed by atoms with van der Waals surface area (Å²) in [5, 5.41) is 3.80. The molecule has 2 amide bonds. The average Bonchev–Trinajstić information content (AvgIpc) is 2.54. The largest absolute Gasteiger partial charge is 0.338 e. The maximum Gasteiger partial charge on any atom is 0.317 e. The Kier molecular flexibility index (Phi) is 7.18. The number of piperazine rings is 1. The van der Waals surface area contributed by atoms with Crippen LogP contribution in [0.3, 0.4) is 0 Å². The SMILES string of the molecule is CC(C)CCNC(=O)N1CCN(CCc2ccc(Cl)cc2)CC1. The first-order valence-corrected chi connectivity index (χ1v) is 8.92. The highest BCUT2D eigenvalue weighted by Gasteiger charge is 2.20. The first kappa shape index (κ1) is 18.1. The maximum absolute atomic E-state index is 12.1. The molecule has 0 atom stereocenters. The summed E-state index contributed by atoms with van der Waals surface area (Å²) in [6, 6.07) is 8.14. The molecule has 0 aromatic heterocycles. The van der Waals surface area contributed by atoms with Gasteiger partial charge in [0.1, 0.15) is 0 Å². The molecule has 5 heteroatoms. The van der Waals surface area contributed by atoms with Gasteiger partial charge in [-0.05, 0) is 36.5 Å². The quantitative estimate of drug-likeness (QED) is 0.864. The molecule has 0 aliphatic carbocycles. The van der Waals surface area contributed by atoms with E-state index in [0.29, 0.717) is 5.92 Å². The number of urea groups is 1. The van der Waals surface area contributed by atoms with E-state index in [1.165, 1.54) is 5.56 Å². The lowest BCUT2D eigenvalue weighted by Gasteiger charge is -2.34. The van der Waals surface area contributed by atoms with Gasteiger partial charge in [-0.15, -0.1) is 0 Å². The molecule has 1 saturated heterocycles. The molecule has 4 nitrogen and oxygen atoms in total. The molecule has 0 radical (unpaired) electrons. The van der Waals surface area contributed by atoms with Crippen LogP contribution in [0.5, 0.6) is 0 Å². The first-order valence-electron chi connectivity index (χ1n) is 8.54. The van der Waals surface area contributed by atoms with E-state index < -0.39 is 0 Å². The Bertz CT molecular complexity index is 482. The zero-order valence-corrected chi connectivity index (χ0v) is 15.0. The van der Waals surface area contributed by atoms with Gasteiger partial charge in [-0.2, -0.15) is 0 Å². The smallest absolute Gasteiger partial charge is 0.317 e. The fraction of sp³-hybridized carbons (Fsp3) is 0.611. The molecule has 0 bridgehead atoms. The molecule has 1 aromatic carbocycles. The monoisotopic (exact) mass is 337 g/mol. The number of halogens is 1. The van der Waals surface area contributed by atoms with Crippen LogP contribution < -0.4 is 5.32 Å². The van der Waals surface area contributed by atoms with Gasteiger partial charge in [0, 0.05) is 44.3 Å². The van der Waals surface area contributed by atoms with E-state index in [2.05, 4.69) is 36.2 Å². The standard InChI is InChI=1S/C18H28ClN3O/c1-15(2)7-9-20-18(23)22-13-11-21(12-14-22)10-8-16-3-5-17(19)6-4-16/h3-6,15H,7-14H2,1-2H3,(H,20,23). The van der Waals surface area contributed by atoms with Gasteiger partial charge in [0.25, 0.3) is 0 Å². The fourth-order valence-corrected chi connectivity index (χ4v) is 2.82. The van der Waals surface area contributed by atoms with Crippen molar-refractivity contribution >= 4 is 17.6 Å². The molecule has 1 heterocycles. The Labute approximate surface area is 144 Å². The average molecular weight is 338 g/mol. The van der Waals surface area contributed by atoms with E-state index in [9.17, 15) is 4.79 Å². The first-order chi connectivity index (χ1) is 11.0. The van der Waals surface area contributed by atoms with Crippen molar-refractivity contribution in [3.63, 3.8) is 0 Å². The minimum absolute atomic E-state index is 0.0861. The summed E-state index contributed by atoms with van der Waals surface area (Å²) in [4.78, 5) is 16.4. The maximum atomic E-state index is 12.1. The molecule has 0 unspecified atom stereocenters. The van der Waals surface area contributed by atoms with Gasteiger partial charge in [0.2, 0.25) is 0 Å². The summed E-state index contributed by atoms with van der Waals surface area (Å²) in [6.45, 7) is 9.67. The highest BCUT2D eigenvalue weighted by atomic mass is 35.5. The van der Waals surface area contributed by atoms with Gasteiger partial charge in [0.05, 0.1) is 0 Å². The van der Waals surface area contributed by atoms with Gasteiger partial charge in [0.15, 0.2) is 0 Å². The van der Waals surface area contributed by atoms with Crippen LogP contribution in [-0.2, 0) is 6.42 Å². The van der Waals surface area contributed by atoms with Crippen molar-refractivity contribution in [3.05, 3.63) is 34.9 Å². The van der Waals surface area contributed by atoms with E-state index in [1.54, 1.807) is 0 Å². The second-order valence-corrected chi connectivity index (χ2v) is 7.06. The van der Waals surface area contributed by atoms with Crippen LogP contribution in [0.25, 0.3) is 0 Å². The Morgan fingerprint density at radius 2 is 1.83 bits per heavy atom. The third kappa shape index (κ3) is 6.40. The Hall–Kier alpha value is -1.26. The van der Waals surface area contributed by atoms with Crippen LogP contribution in [0.4, 0.5) is 4.79 Å². The molecule has 2 rings (SSSR count). The van der Waals surface area contributed by atoms with E-state index in [-0.39, 0.29) is 6.03 Å². The fourth-order valence-electron chi connectivity index (χ4n) is 2.69. The molecule has 1 aliphatic heterocycles. The highest BCUT2D eigenvalue weighted by Crippen LogP contribution is 2.11. The van der Waals surface area contributed by atoms with Crippen LogP contribution in [0, 0.1) is 5.92 Å². The van der Waals surface area contributed by atoms with Crippen molar-refractivity contribution in [1.29, 1.82) is 0 Å². The summed E-state index contributed by atoms with van der Waals surface area (Å²) < 4.78 is 0. The van der Waals surface area contributed by atoms with Crippen LogP contribution in [0.15, 0.2) is 24.3 Å². The zero-order chi connectivity index (χ0) is 16.7. The van der Waals surface area contributed by atoms with E-state index in [0.717, 1.165) is 57.1 Å². The molecular formula is C18H28ClN3O. The molecule has 1 N–H and O–H groups in total. The normalized spacial score (nSPS) is 15.9. The minimum atomic E-state index is 0.0861. The summed E-state index contributed by atoms with van der Waals surface area (Å²) in [5.74, 6) is 0.625. The summed E-state index contributed by atoms with van der Waals surface area (Å²) in [6.07, 6.45) is 2.06. The van der Waals surface area contributed by atoms with E-state index in [1.807, 2.05) is 17.0 Å². The number of hydrogen-bond donors (Lipinski definition) is 1. The van der Waals surface area contributed by atoms with Gasteiger partial charge in [-0.3, -0.25) is 4.90 Å². The van der Waals surface area contributed by atoms with Crippen molar-refractivity contribution in [2.45, 2.75) is 26.7 Å². The highest BCUT2D eigenvalue weighted by molar-refractivity contribution is 6.30. The lowest BCUT2D eigenvalue weighted by molar-refractivity contribution is 0.140. The Balaban J connectivity index is 1.65. The van der Waals surface area contributed by atoms with Crippen molar-refractivity contribution in [2.75, 3.05) is 39.3 Å². The van der Waals surface area contributed by atoms with Crippen molar-refractivity contribution < 1.29 is 4.79 Å². The summed E-state index contributed by atoms with van der Waals surface area (Å²) in [7, 11) is 0. The van der Waals surface area contributed by atoms with Crippen LogP contribution in [-0.4, -0.2) is 55.1 Å². The summed E-state index contributed by atoms with van der Waals surface area (Å²) >= 11 is 5.91. The predicted octanol–water partition coefficient (Wildman–Crippen LogP) is 3.26. The summed E-state index contributed by atoms with van der Waals surface area (Å²) in [5.41, 5.74) is 1.31. The van der Waals surface area contributed by atoms with Crippen LogP contribution in [0.2, 0.25) is 5.02 Å². The van der Waals surface area contributed by atoms with Crippen molar-refractivity contribution in [2.24, 2.45) is 5.92 Å². The lowest BCUT2D eigenvalue weighted by Crippen LogP contribution is -2.52. The number of hydrogen-bond acceptors (Lipinski definition) is 2. The van der Waals surface area contributed by atoms with Crippen molar-refractivity contribution in [1.82, 2.24) is 15.1 Å². The van der Waals surface area contributed by atoms with E-state index in [4.69, 9.17) is 11.6 Å². The molecule has 0 spiro atoms. The van der Waals surface area contributed by atoms with Crippen LogP contribution in [0.1, 0.15) is 25.8 Å². The Morgan fingerprint density at radius 1 is 1.17 bits per heavy atom. The van der Waals surface area contributed by atoms with E-state index >= 15 is 0 Å². The third-order valence-electron chi connectivity index (χ3n) is 4.29. The zero-order valence-electron chi connectivity index (χ0n) is 14.2. The predicted molar refractivity (Wildman–Crippen MR) is 96.0 cm³/mol. The number of nitrogens with one attached hydrogen (secondary N) is 1. The van der Waals surface area contributed by atoms with Crippen LogP contribution >= 0.6 is 11.6 Å². The van der Waals surface area contributed by atoms with Crippen molar-refractivity contribution in [3.8, 4) is 0 Å². The molecule has 23 heavy (non-hydrogen) atoms. The minimum Gasteiger partial charge on any atom is -0.338 e. The van der Waals surface area contributed by atoms with Gasteiger partial charge < -0.3 is 10.2 Å². The topological polar surface area (TPSA) is 35.6 Å². The third-order valence-corrected chi connectivity index (χ3v) is 4.54.